The lowest BCUT2D eigenvalue weighted by molar-refractivity contribution is -0.123. The number of benzene rings is 2. The largest absolute Gasteiger partial charge is 0.459 e. The van der Waals surface area contributed by atoms with Crippen LogP contribution in [0.2, 0.25) is 0 Å². The van der Waals surface area contributed by atoms with Crippen LogP contribution in [0.15, 0.2) is 59.2 Å². The highest BCUT2D eigenvalue weighted by Crippen LogP contribution is 2.23. The summed E-state index contributed by atoms with van der Waals surface area (Å²) in [6, 6.07) is 13.4. The number of furan rings is 1. The molecule has 1 aromatic heterocycles. The first-order chi connectivity index (χ1) is 14.8. The van der Waals surface area contributed by atoms with Crippen molar-refractivity contribution in [1.82, 2.24) is 0 Å². The molecule has 0 saturated heterocycles. The second kappa shape index (κ2) is 9.30. The number of carbonyl (C=O) groups is 3. The van der Waals surface area contributed by atoms with E-state index in [2.05, 4.69) is 10.6 Å². The summed E-state index contributed by atoms with van der Waals surface area (Å²) in [6.45, 7) is 7.29. The second-order valence-electron chi connectivity index (χ2n) is 7.29. The normalized spacial score (nSPS) is 11.5. The predicted octanol–water partition coefficient (Wildman–Crippen LogP) is 4.64. The fraction of sp³-hybridized carbons (Fsp3) is 0.208. The Morgan fingerprint density at radius 1 is 0.935 bits per heavy atom. The number of anilines is 2. The summed E-state index contributed by atoms with van der Waals surface area (Å²) in [5.41, 5.74) is 4.03. The minimum absolute atomic E-state index is 0.111. The molecular formula is C24H24N2O5. The number of rotatable bonds is 6. The molecule has 1 heterocycles. The van der Waals surface area contributed by atoms with Crippen molar-refractivity contribution in [2.24, 2.45) is 0 Å². The summed E-state index contributed by atoms with van der Waals surface area (Å²) < 4.78 is 10.4. The molecule has 0 fully saturated rings. The van der Waals surface area contributed by atoms with Gasteiger partial charge in [-0.3, -0.25) is 9.59 Å². The molecule has 0 aliphatic heterocycles. The average molecular weight is 420 g/mol. The van der Waals surface area contributed by atoms with Crippen molar-refractivity contribution in [2.75, 3.05) is 10.6 Å². The molecule has 0 spiro atoms. The van der Waals surface area contributed by atoms with Crippen LogP contribution in [0.1, 0.15) is 44.5 Å². The van der Waals surface area contributed by atoms with Gasteiger partial charge in [0.1, 0.15) is 0 Å². The lowest BCUT2D eigenvalue weighted by atomic mass is 10.0. The van der Waals surface area contributed by atoms with E-state index in [1.165, 1.54) is 25.3 Å². The second-order valence-corrected chi connectivity index (χ2v) is 7.29. The molecule has 0 saturated carbocycles. The number of esters is 1. The third-order valence-corrected chi connectivity index (χ3v) is 4.72. The fourth-order valence-corrected chi connectivity index (χ4v) is 3.24. The highest BCUT2D eigenvalue weighted by molar-refractivity contribution is 6.07. The van der Waals surface area contributed by atoms with Gasteiger partial charge in [-0.25, -0.2) is 4.79 Å². The SMILES string of the molecule is Cc1cc(C)c(NC(=O)[C@H](C)OC(=O)c2ccccc2NC(=O)c2ccco2)c(C)c1. The molecule has 31 heavy (non-hydrogen) atoms. The fourth-order valence-electron chi connectivity index (χ4n) is 3.24. The Balaban J connectivity index is 1.70. The van der Waals surface area contributed by atoms with Gasteiger partial charge < -0.3 is 19.8 Å². The molecule has 0 aliphatic rings. The van der Waals surface area contributed by atoms with Crippen LogP contribution in [0.4, 0.5) is 11.4 Å². The van der Waals surface area contributed by atoms with Crippen LogP contribution in [0, 0.1) is 20.8 Å². The monoisotopic (exact) mass is 420 g/mol. The molecule has 7 nitrogen and oxygen atoms in total. The van der Waals surface area contributed by atoms with Crippen LogP contribution in [-0.2, 0) is 9.53 Å². The summed E-state index contributed by atoms with van der Waals surface area (Å²) in [4.78, 5) is 37.6. The molecular weight excluding hydrogens is 396 g/mol. The van der Waals surface area contributed by atoms with E-state index in [-0.39, 0.29) is 17.0 Å². The Bertz CT molecular complexity index is 1100. The van der Waals surface area contributed by atoms with Crippen molar-refractivity contribution >= 4 is 29.2 Å². The van der Waals surface area contributed by atoms with Crippen molar-refractivity contribution in [3.05, 3.63) is 82.8 Å². The predicted molar refractivity (Wildman–Crippen MR) is 117 cm³/mol. The van der Waals surface area contributed by atoms with E-state index in [4.69, 9.17) is 9.15 Å². The van der Waals surface area contributed by atoms with Crippen molar-refractivity contribution in [1.29, 1.82) is 0 Å². The molecule has 1 atom stereocenters. The van der Waals surface area contributed by atoms with Gasteiger partial charge in [-0.05, 0) is 63.1 Å². The van der Waals surface area contributed by atoms with E-state index in [0.29, 0.717) is 5.69 Å². The van der Waals surface area contributed by atoms with Gasteiger partial charge in [-0.1, -0.05) is 29.8 Å². The Morgan fingerprint density at radius 3 is 2.26 bits per heavy atom. The smallest absolute Gasteiger partial charge is 0.341 e. The van der Waals surface area contributed by atoms with Gasteiger partial charge in [-0.15, -0.1) is 0 Å². The first-order valence-corrected chi connectivity index (χ1v) is 9.80. The number of hydrogen-bond donors (Lipinski definition) is 2. The molecule has 3 rings (SSSR count). The molecule has 2 amide bonds. The van der Waals surface area contributed by atoms with Gasteiger partial charge in [0, 0.05) is 5.69 Å². The van der Waals surface area contributed by atoms with E-state index in [0.717, 1.165) is 16.7 Å². The van der Waals surface area contributed by atoms with E-state index < -0.39 is 23.9 Å². The summed E-state index contributed by atoms with van der Waals surface area (Å²) in [5, 5.41) is 5.45. The van der Waals surface area contributed by atoms with Crippen molar-refractivity contribution in [3.8, 4) is 0 Å². The number of amides is 2. The highest BCUT2D eigenvalue weighted by Gasteiger charge is 2.23. The zero-order valence-corrected chi connectivity index (χ0v) is 17.8. The van der Waals surface area contributed by atoms with E-state index in [9.17, 15) is 14.4 Å². The van der Waals surface area contributed by atoms with Crippen molar-refractivity contribution < 1.29 is 23.5 Å². The van der Waals surface area contributed by atoms with Crippen LogP contribution in [0.5, 0.6) is 0 Å². The summed E-state index contributed by atoms with van der Waals surface area (Å²) in [7, 11) is 0. The molecule has 7 heteroatoms. The van der Waals surface area contributed by atoms with Gasteiger partial charge in [0.25, 0.3) is 11.8 Å². The molecule has 3 aromatic rings. The molecule has 160 valence electrons. The number of aryl methyl sites for hydroxylation is 3. The van der Waals surface area contributed by atoms with Gasteiger partial charge in [-0.2, -0.15) is 0 Å². The summed E-state index contributed by atoms with van der Waals surface area (Å²) in [6.07, 6.45) is 0.341. The third kappa shape index (κ3) is 5.19. The third-order valence-electron chi connectivity index (χ3n) is 4.72. The number of nitrogens with one attached hydrogen (secondary N) is 2. The number of ether oxygens (including phenoxy) is 1. The van der Waals surface area contributed by atoms with Crippen LogP contribution in [0.3, 0.4) is 0 Å². The maximum Gasteiger partial charge on any atom is 0.341 e. The molecule has 0 unspecified atom stereocenters. The van der Waals surface area contributed by atoms with Gasteiger partial charge >= 0.3 is 5.97 Å². The molecule has 2 N–H and O–H groups in total. The number of carbonyl (C=O) groups excluding carboxylic acids is 3. The maximum absolute atomic E-state index is 12.7. The van der Waals surface area contributed by atoms with E-state index in [1.54, 1.807) is 24.3 Å². The zero-order chi connectivity index (χ0) is 22.5. The average Bonchev–Trinajstić information content (AvgIpc) is 3.25. The first kappa shape index (κ1) is 21.8. The summed E-state index contributed by atoms with van der Waals surface area (Å²) >= 11 is 0. The van der Waals surface area contributed by atoms with E-state index in [1.807, 2.05) is 32.9 Å². The van der Waals surface area contributed by atoms with Crippen molar-refractivity contribution in [3.63, 3.8) is 0 Å². The minimum Gasteiger partial charge on any atom is -0.459 e. The van der Waals surface area contributed by atoms with Crippen molar-refractivity contribution in [2.45, 2.75) is 33.8 Å². The Hall–Kier alpha value is -3.87. The van der Waals surface area contributed by atoms with Crippen LogP contribution in [0.25, 0.3) is 0 Å². The van der Waals surface area contributed by atoms with Crippen LogP contribution in [-0.4, -0.2) is 23.9 Å². The summed E-state index contributed by atoms with van der Waals surface area (Å²) in [5.74, 6) is -1.56. The zero-order valence-electron chi connectivity index (χ0n) is 17.8. The standard InChI is InChI=1S/C24H24N2O5/c1-14-12-15(2)21(16(3)13-14)26-22(27)17(4)31-24(29)18-8-5-6-9-19(18)25-23(28)20-10-7-11-30-20/h5-13,17H,1-4H3,(H,25,28)(H,26,27)/t17-/m0/s1. The van der Waals surface area contributed by atoms with Crippen LogP contribution >= 0.6 is 0 Å². The van der Waals surface area contributed by atoms with Gasteiger partial charge in [0.05, 0.1) is 17.5 Å². The first-order valence-electron chi connectivity index (χ1n) is 9.80. The van der Waals surface area contributed by atoms with Crippen LogP contribution < -0.4 is 10.6 Å². The minimum atomic E-state index is -1.04. The highest BCUT2D eigenvalue weighted by atomic mass is 16.5. The number of hydrogen-bond acceptors (Lipinski definition) is 5. The molecule has 0 bridgehead atoms. The number of para-hydroxylation sites is 1. The maximum atomic E-state index is 12.7. The van der Waals surface area contributed by atoms with Gasteiger partial charge in [0.2, 0.25) is 0 Å². The lowest BCUT2D eigenvalue weighted by Crippen LogP contribution is -2.30. The topological polar surface area (TPSA) is 97.6 Å². The quantitative estimate of drug-likeness (QED) is 0.566. The van der Waals surface area contributed by atoms with E-state index >= 15 is 0 Å². The van der Waals surface area contributed by atoms with Gasteiger partial charge in [0.15, 0.2) is 11.9 Å². The lowest BCUT2D eigenvalue weighted by Gasteiger charge is -2.17. The Labute approximate surface area is 180 Å². The molecule has 2 aromatic carbocycles. The Morgan fingerprint density at radius 2 is 1.61 bits per heavy atom. The molecule has 0 aliphatic carbocycles. The Kier molecular flexibility index (Phi) is 6.55. The molecule has 0 radical (unpaired) electrons.